The fraction of sp³-hybridized carbons (Fsp3) is 0.345. The summed E-state index contributed by atoms with van der Waals surface area (Å²) in [5.41, 5.74) is 6.66. The molecule has 8 heterocycles. The Morgan fingerprint density at radius 1 is 0.645 bits per heavy atom. The van der Waals surface area contributed by atoms with Crippen LogP contribution in [0.15, 0.2) is 136 Å². The van der Waals surface area contributed by atoms with E-state index in [1.807, 2.05) is 132 Å². The number of aliphatic hydroxyl groups is 2. The molecule has 76 heavy (non-hydrogen) atoms. The minimum atomic E-state index is -1.09. The normalized spacial score (nSPS) is 17.9. The van der Waals surface area contributed by atoms with Crippen LogP contribution in [0.2, 0.25) is 0 Å². The van der Waals surface area contributed by atoms with Crippen LogP contribution >= 0.6 is 11.8 Å². The predicted molar refractivity (Wildman–Crippen MR) is 298 cm³/mol. The molecule has 8 aromatic rings. The molecule has 2 aliphatic rings. The van der Waals surface area contributed by atoms with Crippen LogP contribution in [0.5, 0.6) is 11.5 Å². The van der Waals surface area contributed by atoms with E-state index < -0.39 is 11.2 Å². The minimum absolute atomic E-state index is 0.157. The lowest BCUT2D eigenvalue weighted by molar-refractivity contribution is 0.0439. The number of rotatable bonds is 11. The lowest BCUT2D eigenvalue weighted by Crippen LogP contribution is -2.24. The number of thioether (sulfide) groups is 1. The summed E-state index contributed by atoms with van der Waals surface area (Å²) < 4.78 is 17.8. The number of fused-ring (bicyclic) bond motifs is 12. The van der Waals surface area contributed by atoms with E-state index in [1.165, 1.54) is 18.0 Å². The SMILES string of the molecule is CN(C)CCOc1ccc(N)cc1.CN(C)CCOc1ccc(Nc2ncc3c(=O)n4n(c3n2)-c2cccc(n2)[C@@](C)(O)CC/C=C\C4)cc1.CSc1ncc2c(=O)n3n(c2n1)-c1cccc(n1)[C@@](C)(O)CC/C=C\C3. The van der Waals surface area contributed by atoms with Gasteiger partial charge in [-0.25, -0.2) is 43.6 Å². The van der Waals surface area contributed by atoms with Gasteiger partial charge in [0.1, 0.15) is 46.7 Å². The van der Waals surface area contributed by atoms with E-state index in [0.29, 0.717) is 108 Å². The third-order valence-electron chi connectivity index (χ3n) is 12.6. The molecule has 6 aromatic heterocycles. The van der Waals surface area contributed by atoms with Gasteiger partial charge in [-0.05, 0) is 147 Å². The van der Waals surface area contributed by atoms with Crippen LogP contribution in [0.3, 0.4) is 0 Å². The molecule has 2 atom stereocenters. The maximum atomic E-state index is 13.3. The predicted octanol–water partition coefficient (Wildman–Crippen LogP) is 6.68. The van der Waals surface area contributed by atoms with E-state index in [9.17, 15) is 19.8 Å². The Kier molecular flexibility index (Phi) is 17.5. The van der Waals surface area contributed by atoms with Crippen molar-refractivity contribution in [1.82, 2.24) is 58.4 Å². The fourth-order valence-electron chi connectivity index (χ4n) is 8.27. The third kappa shape index (κ3) is 13.2. The second-order valence-electron chi connectivity index (χ2n) is 19.3. The van der Waals surface area contributed by atoms with E-state index in [4.69, 9.17) is 25.2 Å². The van der Waals surface area contributed by atoms with Crippen LogP contribution in [0.4, 0.5) is 17.3 Å². The van der Waals surface area contributed by atoms with Gasteiger partial charge in [0.05, 0.1) is 24.5 Å². The Hall–Kier alpha value is -7.69. The van der Waals surface area contributed by atoms with Crippen molar-refractivity contribution in [2.75, 3.05) is 71.8 Å². The molecular weight excluding hydrogens is 985 g/mol. The summed E-state index contributed by atoms with van der Waals surface area (Å²) in [6.45, 7) is 7.34. The van der Waals surface area contributed by atoms with Crippen LogP contribution in [0.25, 0.3) is 33.7 Å². The molecule has 10 rings (SSSR count). The first-order valence-electron chi connectivity index (χ1n) is 25.0. The van der Waals surface area contributed by atoms with Gasteiger partial charge in [0.15, 0.2) is 28.1 Å². The van der Waals surface area contributed by atoms with Crippen molar-refractivity contribution in [3.05, 3.63) is 154 Å². The van der Waals surface area contributed by atoms with Crippen molar-refractivity contribution in [2.24, 2.45) is 0 Å². The molecule has 0 saturated carbocycles. The van der Waals surface area contributed by atoms with Gasteiger partial charge in [-0.2, -0.15) is 4.98 Å². The molecule has 398 valence electrons. The molecule has 21 heteroatoms. The molecule has 0 fully saturated rings. The van der Waals surface area contributed by atoms with E-state index >= 15 is 0 Å². The van der Waals surface area contributed by atoms with E-state index in [2.05, 4.69) is 35.1 Å². The highest BCUT2D eigenvalue weighted by Crippen LogP contribution is 2.29. The molecular formula is C55H66N14O6S. The van der Waals surface area contributed by atoms with Gasteiger partial charge >= 0.3 is 0 Å². The summed E-state index contributed by atoms with van der Waals surface area (Å²) in [6, 6.07) is 25.9. The lowest BCUT2D eigenvalue weighted by Gasteiger charge is -2.22. The maximum Gasteiger partial charge on any atom is 0.278 e. The van der Waals surface area contributed by atoms with E-state index in [0.717, 1.165) is 36.0 Å². The molecule has 0 amide bonds. The first kappa shape index (κ1) is 54.6. The van der Waals surface area contributed by atoms with Crippen molar-refractivity contribution in [1.29, 1.82) is 0 Å². The summed E-state index contributed by atoms with van der Waals surface area (Å²) in [5, 5.41) is 26.4. The summed E-state index contributed by atoms with van der Waals surface area (Å²) in [5.74, 6) is 3.06. The molecule has 2 aromatic carbocycles. The number of hydrogen-bond acceptors (Lipinski definition) is 17. The molecule has 20 nitrogen and oxygen atoms in total. The molecule has 0 aliphatic carbocycles. The lowest BCUT2D eigenvalue weighted by atomic mass is 9.95. The average molecular weight is 1050 g/mol. The number of nitrogen functional groups attached to an aromatic ring is 1. The topological polar surface area (TPSA) is 235 Å². The van der Waals surface area contributed by atoms with Gasteiger partial charge in [-0.3, -0.25) is 9.59 Å². The highest BCUT2D eigenvalue weighted by Gasteiger charge is 2.28. The maximum absolute atomic E-state index is 13.3. The van der Waals surface area contributed by atoms with Crippen molar-refractivity contribution in [3.8, 4) is 23.1 Å². The highest BCUT2D eigenvalue weighted by atomic mass is 32.2. The number of aromatic nitrogens is 10. The number of nitrogens with one attached hydrogen (secondary N) is 1. The standard InChI is InChI=1S/C27H31N7O3.C18H19N5O2S.C10H16N2O/c1-27(36)14-5-4-6-15-33-25(35)21-18-28-26(31-24(21)34(33)23-9-7-8-22(27)30-23)29-19-10-12-20(13-11-19)37-17-16-32(2)3;1-18(25)9-4-3-5-10-22-16(24)12-11-19-17(26-2)21-15(12)23(22)14-8-6-7-13(18)20-14;1-12(2)7-8-13-10-5-3-9(11)4-6-10/h4,6-13,18,36H,5,14-17H2,1-3H3,(H,28,29,31);3,5-8,11,25H,4,9-10H2,1-2H3;3-6H,7-8,11H2,1-2H3/b6-4-;5-3-;/t27-;18-;/m00./s1. The summed E-state index contributed by atoms with van der Waals surface area (Å²) >= 11 is 1.42. The fourth-order valence-corrected chi connectivity index (χ4v) is 8.60. The Bertz CT molecular complexity index is 3430. The van der Waals surface area contributed by atoms with Gasteiger partial charge in [-0.15, -0.1) is 0 Å². The molecule has 4 bridgehead atoms. The van der Waals surface area contributed by atoms with Crippen molar-refractivity contribution in [2.45, 2.75) is 69.0 Å². The van der Waals surface area contributed by atoms with Gasteiger partial charge in [0.2, 0.25) is 5.95 Å². The number of allylic oxidation sites excluding steroid dienone is 4. The zero-order chi connectivity index (χ0) is 54.0. The molecule has 5 N–H and O–H groups in total. The zero-order valence-corrected chi connectivity index (χ0v) is 44.8. The van der Waals surface area contributed by atoms with Crippen LogP contribution in [-0.4, -0.2) is 129 Å². The number of nitrogens with zero attached hydrogens (tertiary/aromatic N) is 12. The average Bonchev–Trinajstić information content (AvgIpc) is 3.86. The van der Waals surface area contributed by atoms with Gasteiger partial charge in [0.25, 0.3) is 11.1 Å². The van der Waals surface area contributed by atoms with Crippen LogP contribution in [0, 0.1) is 0 Å². The number of pyridine rings is 2. The highest BCUT2D eigenvalue weighted by molar-refractivity contribution is 7.98. The van der Waals surface area contributed by atoms with Gasteiger partial charge < -0.3 is 40.5 Å². The van der Waals surface area contributed by atoms with Gasteiger partial charge in [-0.1, -0.05) is 48.2 Å². The van der Waals surface area contributed by atoms with Crippen molar-refractivity contribution < 1.29 is 19.7 Å². The molecule has 0 saturated heterocycles. The minimum Gasteiger partial charge on any atom is -0.492 e. The molecule has 0 unspecified atom stereocenters. The van der Waals surface area contributed by atoms with Crippen LogP contribution in [0.1, 0.15) is 50.9 Å². The van der Waals surface area contributed by atoms with E-state index in [-0.39, 0.29) is 11.1 Å². The molecule has 0 radical (unpaired) electrons. The smallest absolute Gasteiger partial charge is 0.278 e. The quantitative estimate of drug-likeness (QED) is 0.0457. The van der Waals surface area contributed by atoms with Crippen molar-refractivity contribution >= 4 is 51.2 Å². The van der Waals surface area contributed by atoms with Gasteiger partial charge in [0, 0.05) is 36.9 Å². The number of anilines is 3. The third-order valence-corrected chi connectivity index (χ3v) is 13.2. The zero-order valence-electron chi connectivity index (χ0n) is 44.0. The first-order chi connectivity index (χ1) is 36.5. The summed E-state index contributed by atoms with van der Waals surface area (Å²) in [6.07, 6.45) is 15.3. The number of likely N-dealkylation sites (N-methyl/N-ethyl adjacent to an activating group) is 2. The Labute approximate surface area is 445 Å². The second-order valence-corrected chi connectivity index (χ2v) is 20.0. The Balaban J connectivity index is 0.000000169. The largest absolute Gasteiger partial charge is 0.492 e. The summed E-state index contributed by atoms with van der Waals surface area (Å²) in [4.78, 5) is 57.5. The molecule has 0 spiro atoms. The summed E-state index contributed by atoms with van der Waals surface area (Å²) in [7, 11) is 8.05. The monoisotopic (exact) mass is 1050 g/mol. The number of hydrogen-bond donors (Lipinski definition) is 4. The van der Waals surface area contributed by atoms with Crippen LogP contribution in [-0.2, 0) is 24.3 Å². The van der Waals surface area contributed by atoms with Crippen molar-refractivity contribution in [3.63, 3.8) is 0 Å². The second kappa shape index (κ2) is 24.3. The number of benzene rings is 2. The van der Waals surface area contributed by atoms with E-state index in [1.54, 1.807) is 50.9 Å². The number of nitrogens with two attached hydrogens (primary N) is 1. The molecule has 2 aliphatic heterocycles. The van der Waals surface area contributed by atoms with Crippen LogP contribution < -0.4 is 31.6 Å². The Morgan fingerprint density at radius 3 is 1.61 bits per heavy atom. The Morgan fingerprint density at radius 2 is 1.12 bits per heavy atom. The first-order valence-corrected chi connectivity index (χ1v) is 26.2. The number of ether oxygens (including phenoxy) is 2.